The van der Waals surface area contributed by atoms with E-state index in [1.54, 1.807) is 27.7 Å². The lowest BCUT2D eigenvalue weighted by atomic mass is 10.1. The summed E-state index contributed by atoms with van der Waals surface area (Å²) in [5.41, 5.74) is -0.626. The van der Waals surface area contributed by atoms with Crippen molar-refractivity contribution in [2.75, 3.05) is 19.8 Å². The van der Waals surface area contributed by atoms with Crippen LogP contribution in [-0.2, 0) is 23.9 Å². The standard InChI is InChI=1S/C16H26N2O6/c1-5-23-18(11-9-13(19)22-10-11)14(20)12-7-6-8-17(12)15(21)24-16(2,3)4/h11-12H,5-10H2,1-4H3. The van der Waals surface area contributed by atoms with Gasteiger partial charge in [-0.1, -0.05) is 0 Å². The van der Waals surface area contributed by atoms with Gasteiger partial charge in [-0.2, -0.15) is 0 Å². The van der Waals surface area contributed by atoms with E-state index in [9.17, 15) is 14.4 Å². The molecule has 2 saturated heterocycles. The highest BCUT2D eigenvalue weighted by Crippen LogP contribution is 2.25. The molecular formula is C16H26N2O6. The second-order valence-corrected chi connectivity index (χ2v) is 6.95. The van der Waals surface area contributed by atoms with Crippen LogP contribution in [0.15, 0.2) is 0 Å². The molecular weight excluding hydrogens is 316 g/mol. The first kappa shape index (κ1) is 18.5. The van der Waals surface area contributed by atoms with Crippen molar-refractivity contribution in [2.45, 2.75) is 64.6 Å². The summed E-state index contributed by atoms with van der Waals surface area (Å²) in [6, 6.07) is -1.09. The highest BCUT2D eigenvalue weighted by Gasteiger charge is 2.42. The fourth-order valence-corrected chi connectivity index (χ4v) is 2.85. The van der Waals surface area contributed by atoms with E-state index in [4.69, 9.17) is 14.3 Å². The Labute approximate surface area is 142 Å². The van der Waals surface area contributed by atoms with Gasteiger partial charge in [0.25, 0.3) is 5.91 Å². The molecule has 0 N–H and O–H groups in total. The van der Waals surface area contributed by atoms with Crippen molar-refractivity contribution in [1.29, 1.82) is 0 Å². The van der Waals surface area contributed by atoms with Gasteiger partial charge in [0, 0.05) is 6.54 Å². The summed E-state index contributed by atoms with van der Waals surface area (Å²) < 4.78 is 10.3. The number of hydroxylamine groups is 2. The fraction of sp³-hybridized carbons (Fsp3) is 0.812. The van der Waals surface area contributed by atoms with Crippen molar-refractivity contribution in [3.63, 3.8) is 0 Å². The number of ether oxygens (including phenoxy) is 2. The third kappa shape index (κ3) is 4.37. The van der Waals surface area contributed by atoms with E-state index < -0.39 is 23.8 Å². The highest BCUT2D eigenvalue weighted by atomic mass is 16.7. The number of rotatable bonds is 4. The summed E-state index contributed by atoms with van der Waals surface area (Å²) in [4.78, 5) is 43.5. The van der Waals surface area contributed by atoms with Crippen molar-refractivity contribution >= 4 is 18.0 Å². The van der Waals surface area contributed by atoms with Gasteiger partial charge in [0.2, 0.25) is 0 Å². The van der Waals surface area contributed by atoms with Crippen LogP contribution in [0.25, 0.3) is 0 Å². The van der Waals surface area contributed by atoms with E-state index in [0.717, 1.165) is 6.42 Å². The molecule has 0 radical (unpaired) electrons. The first-order chi connectivity index (χ1) is 11.2. The van der Waals surface area contributed by atoms with Gasteiger partial charge in [-0.05, 0) is 40.5 Å². The molecule has 0 aromatic heterocycles. The number of likely N-dealkylation sites (tertiary alicyclic amines) is 1. The van der Waals surface area contributed by atoms with Crippen molar-refractivity contribution in [1.82, 2.24) is 9.96 Å². The Morgan fingerprint density at radius 2 is 2.08 bits per heavy atom. The van der Waals surface area contributed by atoms with Crippen molar-refractivity contribution in [2.24, 2.45) is 0 Å². The van der Waals surface area contributed by atoms with Gasteiger partial charge in [-0.15, -0.1) is 0 Å². The first-order valence-corrected chi connectivity index (χ1v) is 8.34. The van der Waals surface area contributed by atoms with Crippen LogP contribution in [0.5, 0.6) is 0 Å². The topological polar surface area (TPSA) is 85.4 Å². The van der Waals surface area contributed by atoms with Crippen LogP contribution in [0.2, 0.25) is 0 Å². The van der Waals surface area contributed by atoms with Crippen LogP contribution in [0.3, 0.4) is 0 Å². The summed E-state index contributed by atoms with van der Waals surface area (Å²) in [6.45, 7) is 7.98. The van der Waals surface area contributed by atoms with Gasteiger partial charge in [0.15, 0.2) is 0 Å². The second kappa shape index (κ2) is 7.38. The van der Waals surface area contributed by atoms with Crippen LogP contribution in [-0.4, -0.2) is 65.4 Å². The summed E-state index contributed by atoms with van der Waals surface area (Å²) in [7, 11) is 0. The molecule has 136 valence electrons. The van der Waals surface area contributed by atoms with Crippen molar-refractivity contribution in [3.8, 4) is 0 Å². The maximum absolute atomic E-state index is 12.9. The Morgan fingerprint density at radius 3 is 2.62 bits per heavy atom. The number of cyclic esters (lactones) is 1. The number of hydrogen-bond donors (Lipinski definition) is 0. The lowest BCUT2D eigenvalue weighted by Crippen LogP contribution is -2.52. The number of amides is 2. The van der Waals surface area contributed by atoms with E-state index in [1.165, 1.54) is 9.96 Å². The molecule has 2 aliphatic rings. The van der Waals surface area contributed by atoms with Crippen LogP contribution in [0, 0.1) is 0 Å². The molecule has 8 heteroatoms. The zero-order valence-corrected chi connectivity index (χ0v) is 14.7. The minimum absolute atomic E-state index is 0.102. The lowest BCUT2D eigenvalue weighted by molar-refractivity contribution is -0.202. The fourth-order valence-electron chi connectivity index (χ4n) is 2.85. The Hall–Kier alpha value is -1.83. The van der Waals surface area contributed by atoms with Gasteiger partial charge in [0.05, 0.1) is 13.0 Å². The van der Waals surface area contributed by atoms with Crippen LogP contribution >= 0.6 is 0 Å². The summed E-state index contributed by atoms with van der Waals surface area (Å²) in [5, 5.41) is 1.21. The lowest BCUT2D eigenvalue weighted by Gasteiger charge is -2.32. The van der Waals surface area contributed by atoms with E-state index in [1.807, 2.05) is 0 Å². The molecule has 0 aromatic carbocycles. The van der Waals surface area contributed by atoms with Crippen LogP contribution in [0.4, 0.5) is 4.79 Å². The molecule has 0 saturated carbocycles. The molecule has 0 aromatic rings. The third-order valence-electron chi connectivity index (χ3n) is 3.82. The molecule has 2 amide bonds. The first-order valence-electron chi connectivity index (χ1n) is 8.34. The highest BCUT2D eigenvalue weighted by molar-refractivity contribution is 5.86. The monoisotopic (exact) mass is 342 g/mol. The summed E-state index contributed by atoms with van der Waals surface area (Å²) in [5.74, 6) is -0.684. The predicted octanol–water partition coefficient (Wildman–Crippen LogP) is 1.48. The van der Waals surface area contributed by atoms with E-state index in [0.29, 0.717) is 13.0 Å². The van der Waals surface area contributed by atoms with E-state index >= 15 is 0 Å². The Bertz CT molecular complexity index is 501. The van der Waals surface area contributed by atoms with E-state index in [2.05, 4.69) is 0 Å². The maximum Gasteiger partial charge on any atom is 0.410 e. The van der Waals surface area contributed by atoms with Gasteiger partial charge in [0.1, 0.15) is 24.3 Å². The Kier molecular flexibility index (Phi) is 5.69. The Balaban J connectivity index is 2.09. The molecule has 8 nitrogen and oxygen atoms in total. The predicted molar refractivity (Wildman–Crippen MR) is 83.8 cm³/mol. The zero-order chi connectivity index (χ0) is 17.9. The summed E-state index contributed by atoms with van der Waals surface area (Å²) in [6.07, 6.45) is 0.859. The maximum atomic E-state index is 12.9. The zero-order valence-electron chi connectivity index (χ0n) is 14.7. The summed E-state index contributed by atoms with van der Waals surface area (Å²) >= 11 is 0. The minimum Gasteiger partial charge on any atom is -0.463 e. The normalized spacial score (nSPS) is 24.0. The number of esters is 1. The number of carbonyl (C=O) groups excluding carboxylic acids is 3. The van der Waals surface area contributed by atoms with Gasteiger partial charge in [-0.3, -0.25) is 19.3 Å². The molecule has 0 bridgehead atoms. The number of nitrogens with zero attached hydrogens (tertiary/aromatic N) is 2. The van der Waals surface area contributed by atoms with Crippen molar-refractivity contribution < 1.29 is 28.7 Å². The SMILES string of the molecule is CCON(C(=O)C1CCCN1C(=O)OC(C)(C)C)C1COC(=O)C1. The molecule has 24 heavy (non-hydrogen) atoms. The molecule has 0 spiro atoms. The second-order valence-electron chi connectivity index (χ2n) is 6.95. The smallest absolute Gasteiger partial charge is 0.410 e. The largest absolute Gasteiger partial charge is 0.463 e. The average molecular weight is 342 g/mol. The quantitative estimate of drug-likeness (QED) is 0.568. The van der Waals surface area contributed by atoms with E-state index in [-0.39, 0.29) is 31.5 Å². The van der Waals surface area contributed by atoms with Crippen molar-refractivity contribution in [3.05, 3.63) is 0 Å². The minimum atomic E-state index is -0.637. The molecule has 2 unspecified atom stereocenters. The number of hydrogen-bond acceptors (Lipinski definition) is 6. The number of carbonyl (C=O) groups is 3. The molecule has 2 rings (SSSR count). The molecule has 2 heterocycles. The average Bonchev–Trinajstić information content (AvgIpc) is 3.11. The van der Waals surface area contributed by atoms with Crippen LogP contribution in [0.1, 0.15) is 47.0 Å². The third-order valence-corrected chi connectivity index (χ3v) is 3.82. The Morgan fingerprint density at radius 1 is 1.38 bits per heavy atom. The molecule has 2 atom stereocenters. The van der Waals surface area contributed by atoms with Gasteiger partial charge < -0.3 is 9.47 Å². The molecule has 0 aliphatic carbocycles. The molecule has 2 aliphatic heterocycles. The van der Waals surface area contributed by atoms with Gasteiger partial charge in [-0.25, -0.2) is 9.86 Å². The molecule has 2 fully saturated rings. The van der Waals surface area contributed by atoms with Crippen LogP contribution < -0.4 is 0 Å². The van der Waals surface area contributed by atoms with Gasteiger partial charge >= 0.3 is 12.1 Å².